The average molecular weight is 343 g/mol. The van der Waals surface area contributed by atoms with Gasteiger partial charge in [0.1, 0.15) is 0 Å². The van der Waals surface area contributed by atoms with Crippen LogP contribution in [-0.4, -0.2) is 29.5 Å². The molecule has 0 bridgehead atoms. The van der Waals surface area contributed by atoms with Crippen molar-refractivity contribution in [1.29, 1.82) is 0 Å². The predicted molar refractivity (Wildman–Crippen MR) is 74.9 cm³/mol. The Morgan fingerprint density at radius 3 is 2.67 bits per heavy atom. The number of halogens is 2. The lowest BCUT2D eigenvalue weighted by molar-refractivity contribution is 0.477. The summed E-state index contributed by atoms with van der Waals surface area (Å²) in [5, 5.41) is 0.739. The van der Waals surface area contributed by atoms with Crippen molar-refractivity contribution in [3.05, 3.63) is 23.0 Å². The van der Waals surface area contributed by atoms with E-state index in [1.807, 2.05) is 35.8 Å². The van der Waals surface area contributed by atoms with Crippen molar-refractivity contribution < 1.29 is 0 Å². The van der Waals surface area contributed by atoms with Crippen LogP contribution in [0.1, 0.15) is 5.69 Å². The third kappa shape index (κ3) is 3.90. The lowest BCUT2D eigenvalue weighted by atomic mass is 10.4. The number of aryl methyl sites for hydroxylation is 1. The maximum atomic E-state index is 5.86. The second-order valence-corrected chi connectivity index (χ2v) is 3.63. The van der Waals surface area contributed by atoms with Crippen molar-refractivity contribution in [3.8, 4) is 0 Å². The summed E-state index contributed by atoms with van der Waals surface area (Å²) in [6.07, 6.45) is 1.87. The molecular weight excluding hydrogens is 326 g/mol. The molecule has 0 amide bonds. The first kappa shape index (κ1) is 14.6. The summed E-state index contributed by atoms with van der Waals surface area (Å²) < 4.78 is 1.97. The third-order valence-electron chi connectivity index (χ3n) is 2.09. The Morgan fingerprint density at radius 1 is 1.67 bits per heavy atom. The Balaban J connectivity index is 0.00000196. The summed E-state index contributed by atoms with van der Waals surface area (Å²) in [6, 6.07) is 1.92. The molecule has 1 rings (SSSR count). The number of aromatic nitrogens is 1. The van der Waals surface area contributed by atoms with Gasteiger partial charge in [0.2, 0.25) is 0 Å². The first-order valence-electron chi connectivity index (χ1n) is 4.28. The van der Waals surface area contributed by atoms with Crippen LogP contribution in [0.2, 0.25) is 5.02 Å². The van der Waals surface area contributed by atoms with Crippen LogP contribution in [0.5, 0.6) is 0 Å². The monoisotopic (exact) mass is 342 g/mol. The minimum absolute atomic E-state index is 0. The Bertz CT molecular complexity index is 348. The van der Waals surface area contributed by atoms with E-state index < -0.39 is 0 Å². The van der Waals surface area contributed by atoms with Crippen LogP contribution in [0.4, 0.5) is 0 Å². The summed E-state index contributed by atoms with van der Waals surface area (Å²) in [5.41, 5.74) is 6.76. The summed E-state index contributed by atoms with van der Waals surface area (Å²) in [7, 11) is 5.52. The van der Waals surface area contributed by atoms with Gasteiger partial charge in [0.25, 0.3) is 0 Å². The van der Waals surface area contributed by atoms with Gasteiger partial charge in [0.15, 0.2) is 5.96 Å². The Labute approximate surface area is 112 Å². The highest BCUT2D eigenvalue weighted by Gasteiger charge is 2.06. The van der Waals surface area contributed by atoms with Gasteiger partial charge >= 0.3 is 0 Å². The largest absolute Gasteiger partial charge is 0.370 e. The van der Waals surface area contributed by atoms with E-state index >= 15 is 0 Å². The molecule has 4 nitrogen and oxygen atoms in total. The van der Waals surface area contributed by atoms with Gasteiger partial charge in [-0.1, -0.05) is 11.6 Å². The molecule has 15 heavy (non-hydrogen) atoms. The average Bonchev–Trinajstić information content (AvgIpc) is 2.44. The minimum atomic E-state index is 0. The molecule has 0 spiro atoms. The molecular formula is C9H16ClIN4. The van der Waals surface area contributed by atoms with E-state index in [9.17, 15) is 0 Å². The number of hydrogen-bond acceptors (Lipinski definition) is 1. The Morgan fingerprint density at radius 2 is 2.27 bits per heavy atom. The fourth-order valence-corrected chi connectivity index (χ4v) is 1.49. The van der Waals surface area contributed by atoms with Crippen LogP contribution < -0.4 is 5.73 Å². The molecule has 6 heteroatoms. The van der Waals surface area contributed by atoms with Gasteiger partial charge in [-0.05, 0) is 6.07 Å². The molecule has 1 heterocycles. The van der Waals surface area contributed by atoms with Crippen molar-refractivity contribution in [1.82, 2.24) is 9.47 Å². The van der Waals surface area contributed by atoms with E-state index in [-0.39, 0.29) is 24.0 Å². The van der Waals surface area contributed by atoms with E-state index in [1.165, 1.54) is 0 Å². The Hall–Kier alpha value is -0.430. The van der Waals surface area contributed by atoms with Gasteiger partial charge < -0.3 is 15.2 Å². The fourth-order valence-electron chi connectivity index (χ4n) is 1.22. The topological polar surface area (TPSA) is 46.5 Å². The number of aliphatic imine (C=N–C) groups is 1. The summed E-state index contributed by atoms with van der Waals surface area (Å²) in [6.45, 7) is 0.701. The second kappa shape index (κ2) is 6.22. The molecule has 0 radical (unpaired) electrons. The normalized spacial score (nSPS) is 11.1. The van der Waals surface area contributed by atoms with Crippen molar-refractivity contribution in [2.45, 2.75) is 6.54 Å². The zero-order valence-electron chi connectivity index (χ0n) is 9.07. The van der Waals surface area contributed by atoms with E-state index in [0.29, 0.717) is 12.5 Å². The first-order chi connectivity index (χ1) is 6.54. The van der Waals surface area contributed by atoms with Crippen LogP contribution in [0.3, 0.4) is 0 Å². The highest BCUT2D eigenvalue weighted by molar-refractivity contribution is 14.0. The molecule has 1 aromatic heterocycles. The molecule has 0 unspecified atom stereocenters. The van der Waals surface area contributed by atoms with Crippen LogP contribution in [0.25, 0.3) is 0 Å². The van der Waals surface area contributed by atoms with Gasteiger partial charge in [-0.25, -0.2) is 0 Å². The van der Waals surface area contributed by atoms with E-state index in [1.54, 1.807) is 7.05 Å². The van der Waals surface area contributed by atoms with Crippen LogP contribution >= 0.6 is 35.6 Å². The number of nitrogens with zero attached hydrogens (tertiary/aromatic N) is 3. The smallest absolute Gasteiger partial charge is 0.191 e. The SMILES string of the molecule is CN=C(N)N(C)Cc1cc(Cl)cn1C.I. The van der Waals surface area contributed by atoms with E-state index in [0.717, 1.165) is 10.7 Å². The molecule has 0 fully saturated rings. The molecule has 0 saturated carbocycles. The molecule has 0 aliphatic rings. The number of guanidine groups is 1. The lowest BCUT2D eigenvalue weighted by Crippen LogP contribution is -2.33. The van der Waals surface area contributed by atoms with E-state index in [4.69, 9.17) is 17.3 Å². The minimum Gasteiger partial charge on any atom is -0.370 e. The zero-order chi connectivity index (χ0) is 10.7. The van der Waals surface area contributed by atoms with Crippen molar-refractivity contribution in [2.75, 3.05) is 14.1 Å². The molecule has 2 N–H and O–H groups in total. The van der Waals surface area contributed by atoms with Crippen LogP contribution in [-0.2, 0) is 13.6 Å². The summed E-state index contributed by atoms with van der Waals surface area (Å²) >= 11 is 5.86. The second-order valence-electron chi connectivity index (χ2n) is 3.20. The van der Waals surface area contributed by atoms with Crippen molar-refractivity contribution in [3.63, 3.8) is 0 Å². The van der Waals surface area contributed by atoms with Gasteiger partial charge in [-0.3, -0.25) is 4.99 Å². The standard InChI is InChI=1S/C9H15ClN4.HI/c1-12-9(11)14(3)6-8-4-7(10)5-13(8)2;/h4-5H,6H2,1-3H3,(H2,11,12);1H. The fraction of sp³-hybridized carbons (Fsp3) is 0.444. The summed E-state index contributed by atoms with van der Waals surface area (Å²) in [5.74, 6) is 0.516. The van der Waals surface area contributed by atoms with Gasteiger partial charge in [-0.15, -0.1) is 24.0 Å². The summed E-state index contributed by atoms with van der Waals surface area (Å²) in [4.78, 5) is 5.77. The van der Waals surface area contributed by atoms with Gasteiger partial charge in [0.05, 0.1) is 11.6 Å². The quantitative estimate of drug-likeness (QED) is 0.505. The van der Waals surface area contributed by atoms with Gasteiger partial charge in [0, 0.05) is 33.0 Å². The number of rotatable bonds is 2. The molecule has 0 atom stereocenters. The molecule has 0 aliphatic carbocycles. The van der Waals surface area contributed by atoms with Crippen LogP contribution in [0, 0.1) is 0 Å². The van der Waals surface area contributed by atoms with E-state index in [2.05, 4.69) is 4.99 Å². The first-order valence-corrected chi connectivity index (χ1v) is 4.66. The maximum Gasteiger partial charge on any atom is 0.191 e. The van der Waals surface area contributed by atoms with Crippen LogP contribution in [0.15, 0.2) is 17.3 Å². The lowest BCUT2D eigenvalue weighted by Gasteiger charge is -2.17. The molecule has 0 aliphatic heterocycles. The number of nitrogens with two attached hydrogens (primary N) is 1. The highest BCUT2D eigenvalue weighted by atomic mass is 127. The van der Waals surface area contributed by atoms with Gasteiger partial charge in [-0.2, -0.15) is 0 Å². The number of hydrogen-bond donors (Lipinski definition) is 1. The molecule has 0 saturated heterocycles. The Kier molecular flexibility index (Phi) is 6.04. The van der Waals surface area contributed by atoms with Crippen molar-refractivity contribution >= 4 is 41.5 Å². The molecule has 0 aromatic carbocycles. The third-order valence-corrected chi connectivity index (χ3v) is 2.30. The van der Waals surface area contributed by atoms with Crippen molar-refractivity contribution in [2.24, 2.45) is 17.8 Å². The molecule has 1 aromatic rings. The predicted octanol–water partition coefficient (Wildman–Crippen LogP) is 1.67. The highest BCUT2D eigenvalue weighted by Crippen LogP contribution is 2.13. The molecule has 86 valence electrons. The maximum absolute atomic E-state index is 5.86. The zero-order valence-corrected chi connectivity index (χ0v) is 12.2.